The summed E-state index contributed by atoms with van der Waals surface area (Å²) in [7, 11) is 2.36. The summed E-state index contributed by atoms with van der Waals surface area (Å²) in [6.45, 7) is 0. The molecule has 0 aromatic heterocycles. The largest absolute Gasteiger partial charge is 0.465 e. The average molecular weight is 553 g/mol. The Balaban J connectivity index is 0.000000269. The van der Waals surface area contributed by atoms with E-state index in [0.29, 0.717) is 10.5 Å². The van der Waals surface area contributed by atoms with Crippen LogP contribution in [0.15, 0.2) is 59.1 Å². The van der Waals surface area contributed by atoms with E-state index in [1.807, 2.05) is 0 Å². The van der Waals surface area contributed by atoms with Crippen LogP contribution in [0.1, 0.15) is 20.7 Å². The van der Waals surface area contributed by atoms with Crippen LogP contribution in [0.5, 0.6) is 0 Å². The van der Waals surface area contributed by atoms with E-state index >= 15 is 0 Å². The topological polar surface area (TPSA) is 139 Å². The standard InChI is InChI=1S/C14H9F2NO4.C8H6BrNO4/c1-21-14(18)8-2-4-11(13(6-8)17(19)20)10-5-3-9(15)7-12(10)16;1-14-8(11)5-2-3-6(9)7(4-5)10(12)13/h2-7H,1H3;2-4H,1H3. The minimum Gasteiger partial charge on any atom is -0.465 e. The smallest absolute Gasteiger partial charge is 0.338 e. The molecule has 0 aliphatic rings. The van der Waals surface area contributed by atoms with Gasteiger partial charge in [0.25, 0.3) is 11.4 Å². The molecule has 0 aliphatic heterocycles. The SMILES string of the molecule is COC(=O)c1ccc(-c2ccc(F)cc2F)c([N+](=O)[O-])c1.COC(=O)c1ccc(Br)c([N+](=O)[O-])c1. The molecule has 0 spiro atoms. The fourth-order valence-electron chi connectivity index (χ4n) is 2.76. The van der Waals surface area contributed by atoms with E-state index in [-0.39, 0.29) is 27.9 Å². The molecule has 0 aliphatic carbocycles. The van der Waals surface area contributed by atoms with Gasteiger partial charge in [0.1, 0.15) is 11.6 Å². The lowest BCUT2D eigenvalue weighted by Gasteiger charge is -2.06. The number of benzene rings is 3. The number of rotatable bonds is 5. The molecule has 0 bridgehead atoms. The first-order valence-corrected chi connectivity index (χ1v) is 10.1. The Morgan fingerprint density at radius 1 is 0.771 bits per heavy atom. The molecule has 0 unspecified atom stereocenters. The van der Waals surface area contributed by atoms with Gasteiger partial charge in [-0.3, -0.25) is 20.2 Å². The lowest BCUT2D eigenvalue weighted by molar-refractivity contribution is -0.385. The first kappa shape index (κ1) is 27.0. The highest BCUT2D eigenvalue weighted by atomic mass is 79.9. The molecular weight excluding hydrogens is 538 g/mol. The Morgan fingerprint density at radius 2 is 1.26 bits per heavy atom. The zero-order valence-corrected chi connectivity index (χ0v) is 19.6. The number of nitrogens with zero attached hydrogens (tertiary/aromatic N) is 2. The van der Waals surface area contributed by atoms with Crippen molar-refractivity contribution in [2.45, 2.75) is 0 Å². The average Bonchev–Trinajstić information content (AvgIpc) is 2.83. The third kappa shape index (κ3) is 6.63. The summed E-state index contributed by atoms with van der Waals surface area (Å²) < 4.78 is 35.9. The molecule has 0 radical (unpaired) electrons. The number of nitro groups is 2. The quantitative estimate of drug-likeness (QED) is 0.230. The number of hydrogen-bond acceptors (Lipinski definition) is 8. The normalized spacial score (nSPS) is 9.97. The van der Waals surface area contributed by atoms with E-state index < -0.39 is 39.1 Å². The van der Waals surface area contributed by atoms with Crippen molar-refractivity contribution in [3.63, 3.8) is 0 Å². The molecule has 3 rings (SSSR count). The summed E-state index contributed by atoms with van der Waals surface area (Å²) in [5.41, 5.74) is -0.682. The van der Waals surface area contributed by atoms with Crippen LogP contribution in [0, 0.1) is 31.9 Å². The lowest BCUT2D eigenvalue weighted by Crippen LogP contribution is -2.03. The maximum Gasteiger partial charge on any atom is 0.338 e. The molecule has 10 nitrogen and oxygen atoms in total. The van der Waals surface area contributed by atoms with Crippen LogP contribution >= 0.6 is 15.9 Å². The van der Waals surface area contributed by atoms with Gasteiger partial charge in [-0.05, 0) is 52.3 Å². The van der Waals surface area contributed by atoms with Gasteiger partial charge in [0.05, 0.1) is 45.2 Å². The molecule has 0 saturated carbocycles. The number of carbonyl (C=O) groups is 2. The molecule has 0 saturated heterocycles. The second-order valence-electron chi connectivity index (χ2n) is 6.52. The Hall–Kier alpha value is -4.26. The fraction of sp³-hybridized carbons (Fsp3) is 0.0909. The van der Waals surface area contributed by atoms with Gasteiger partial charge in [-0.1, -0.05) is 0 Å². The molecule has 0 atom stereocenters. The summed E-state index contributed by atoms with van der Waals surface area (Å²) in [4.78, 5) is 42.7. The number of ether oxygens (including phenoxy) is 2. The van der Waals surface area contributed by atoms with Crippen LogP contribution < -0.4 is 0 Å². The van der Waals surface area contributed by atoms with Gasteiger partial charge in [0.15, 0.2) is 0 Å². The predicted molar refractivity (Wildman–Crippen MR) is 122 cm³/mol. The molecule has 0 fully saturated rings. The third-order valence-corrected chi connectivity index (χ3v) is 5.07. The van der Waals surface area contributed by atoms with Crippen molar-refractivity contribution in [2.24, 2.45) is 0 Å². The summed E-state index contributed by atoms with van der Waals surface area (Å²) in [5.74, 6) is -3.06. The monoisotopic (exact) mass is 552 g/mol. The summed E-state index contributed by atoms with van der Waals surface area (Å²) in [6, 6.07) is 10.3. The first-order valence-electron chi connectivity index (χ1n) is 9.34. The van der Waals surface area contributed by atoms with Crippen molar-refractivity contribution >= 4 is 39.2 Å². The number of nitro benzene ring substituents is 2. The van der Waals surface area contributed by atoms with Gasteiger partial charge in [-0.2, -0.15) is 0 Å². The maximum absolute atomic E-state index is 13.8. The molecule has 0 amide bonds. The van der Waals surface area contributed by atoms with Crippen molar-refractivity contribution < 1.29 is 37.7 Å². The van der Waals surface area contributed by atoms with Crippen LogP contribution in [0.2, 0.25) is 0 Å². The van der Waals surface area contributed by atoms with Gasteiger partial charge in [0, 0.05) is 23.8 Å². The van der Waals surface area contributed by atoms with E-state index in [4.69, 9.17) is 0 Å². The van der Waals surface area contributed by atoms with Crippen LogP contribution in [0.3, 0.4) is 0 Å². The molecule has 13 heteroatoms. The van der Waals surface area contributed by atoms with Crippen LogP contribution in [-0.2, 0) is 9.47 Å². The molecule has 0 heterocycles. The first-order chi connectivity index (χ1) is 16.5. The second-order valence-corrected chi connectivity index (χ2v) is 7.37. The van der Waals surface area contributed by atoms with Gasteiger partial charge < -0.3 is 9.47 Å². The molecule has 35 heavy (non-hydrogen) atoms. The number of carbonyl (C=O) groups excluding carboxylic acids is 2. The van der Waals surface area contributed by atoms with Crippen LogP contribution in [-0.4, -0.2) is 36.0 Å². The molecule has 182 valence electrons. The Labute approximate surface area is 204 Å². The summed E-state index contributed by atoms with van der Waals surface area (Å²) >= 11 is 3.01. The zero-order valence-electron chi connectivity index (χ0n) is 18.0. The van der Waals surface area contributed by atoms with Crippen molar-refractivity contribution in [1.29, 1.82) is 0 Å². The lowest BCUT2D eigenvalue weighted by atomic mass is 10.0. The Morgan fingerprint density at radius 3 is 1.74 bits per heavy atom. The highest BCUT2D eigenvalue weighted by molar-refractivity contribution is 9.10. The predicted octanol–water partition coefficient (Wildman–Crippen LogP) is 5.47. The number of esters is 2. The van der Waals surface area contributed by atoms with E-state index in [0.717, 1.165) is 31.4 Å². The fourth-order valence-corrected chi connectivity index (χ4v) is 3.15. The minimum absolute atomic E-state index is 0.0320. The molecular formula is C22H15BrF2N2O8. The van der Waals surface area contributed by atoms with Crippen LogP contribution in [0.4, 0.5) is 20.2 Å². The van der Waals surface area contributed by atoms with Gasteiger partial charge in [-0.25, -0.2) is 18.4 Å². The van der Waals surface area contributed by atoms with Crippen molar-refractivity contribution in [3.8, 4) is 11.1 Å². The van der Waals surface area contributed by atoms with Gasteiger partial charge >= 0.3 is 11.9 Å². The number of methoxy groups -OCH3 is 2. The Bertz CT molecular complexity index is 1320. The van der Waals surface area contributed by atoms with E-state index in [1.165, 1.54) is 31.4 Å². The van der Waals surface area contributed by atoms with Crippen LogP contribution in [0.25, 0.3) is 11.1 Å². The maximum atomic E-state index is 13.8. The molecule has 0 N–H and O–H groups in total. The zero-order chi connectivity index (χ0) is 26.3. The highest BCUT2D eigenvalue weighted by Gasteiger charge is 2.21. The molecule has 3 aromatic rings. The number of hydrogen-bond donors (Lipinski definition) is 0. The highest BCUT2D eigenvalue weighted by Crippen LogP contribution is 2.33. The third-order valence-electron chi connectivity index (χ3n) is 4.40. The molecule has 3 aromatic carbocycles. The van der Waals surface area contributed by atoms with E-state index in [9.17, 15) is 38.6 Å². The number of halogens is 3. The van der Waals surface area contributed by atoms with Gasteiger partial charge in [-0.15, -0.1) is 0 Å². The summed E-state index contributed by atoms with van der Waals surface area (Å²) in [6.07, 6.45) is 0. The Kier molecular flexibility index (Phi) is 9.05. The van der Waals surface area contributed by atoms with Gasteiger partial charge in [0.2, 0.25) is 0 Å². The van der Waals surface area contributed by atoms with Crippen molar-refractivity contribution in [2.75, 3.05) is 14.2 Å². The summed E-state index contributed by atoms with van der Waals surface area (Å²) in [5, 5.41) is 21.6. The van der Waals surface area contributed by atoms with Crippen molar-refractivity contribution in [3.05, 3.63) is 102 Å². The second kappa shape index (κ2) is 11.7. The van der Waals surface area contributed by atoms with E-state index in [2.05, 4.69) is 25.4 Å². The van der Waals surface area contributed by atoms with E-state index in [1.54, 1.807) is 0 Å². The minimum atomic E-state index is -0.927. The van der Waals surface area contributed by atoms with Crippen molar-refractivity contribution in [1.82, 2.24) is 0 Å².